The van der Waals surface area contributed by atoms with Crippen LogP contribution in [-0.2, 0) is 12.3 Å². The molecule has 0 amide bonds. The average Bonchev–Trinajstić information content (AvgIpc) is 2.98. The van der Waals surface area contributed by atoms with E-state index >= 15 is 0 Å². The van der Waals surface area contributed by atoms with Crippen LogP contribution in [0.2, 0.25) is 0 Å². The van der Waals surface area contributed by atoms with Gasteiger partial charge in [-0.2, -0.15) is 0 Å². The van der Waals surface area contributed by atoms with Gasteiger partial charge in [0.15, 0.2) is 11.0 Å². The summed E-state index contributed by atoms with van der Waals surface area (Å²) in [7, 11) is 0. The van der Waals surface area contributed by atoms with E-state index in [4.69, 9.17) is 0 Å². The lowest BCUT2D eigenvalue weighted by Crippen LogP contribution is -2.01. The topological polar surface area (TPSA) is 43.6 Å². The van der Waals surface area contributed by atoms with Crippen LogP contribution in [0.15, 0.2) is 70.9 Å². The van der Waals surface area contributed by atoms with Crippen LogP contribution in [-0.4, -0.2) is 19.7 Å². The third-order valence-electron chi connectivity index (χ3n) is 3.20. The van der Waals surface area contributed by atoms with E-state index in [1.165, 1.54) is 5.56 Å². The molecule has 1 aromatic carbocycles. The molecule has 0 spiro atoms. The van der Waals surface area contributed by atoms with E-state index in [0.717, 1.165) is 26.9 Å². The fourth-order valence-corrected chi connectivity index (χ4v) is 3.27. The summed E-state index contributed by atoms with van der Waals surface area (Å²) in [4.78, 5) is 4.36. The van der Waals surface area contributed by atoms with Crippen molar-refractivity contribution in [2.45, 2.75) is 17.5 Å². The van der Waals surface area contributed by atoms with Crippen LogP contribution in [0.3, 0.4) is 0 Å². The molecule has 0 saturated heterocycles. The highest BCUT2D eigenvalue weighted by atomic mass is 79.9. The largest absolute Gasteiger partial charge is 0.297 e. The summed E-state index contributed by atoms with van der Waals surface area (Å²) in [5, 5.41) is 9.50. The van der Waals surface area contributed by atoms with Crippen LogP contribution in [0.4, 0.5) is 0 Å². The second kappa shape index (κ2) is 7.57. The third-order valence-corrected chi connectivity index (χ3v) is 4.77. The average molecular weight is 387 g/mol. The first kappa shape index (κ1) is 16.0. The van der Waals surface area contributed by atoms with Gasteiger partial charge in [-0.25, -0.2) is 0 Å². The number of thioether (sulfide) groups is 1. The molecule has 0 atom stereocenters. The lowest BCUT2D eigenvalue weighted by Gasteiger charge is -2.07. The van der Waals surface area contributed by atoms with Crippen LogP contribution in [0.1, 0.15) is 5.56 Å². The highest BCUT2D eigenvalue weighted by molar-refractivity contribution is 9.10. The van der Waals surface area contributed by atoms with Gasteiger partial charge in [-0.3, -0.25) is 9.55 Å². The first-order chi connectivity index (χ1) is 11.3. The van der Waals surface area contributed by atoms with Crippen molar-refractivity contribution < 1.29 is 0 Å². The predicted molar refractivity (Wildman–Crippen MR) is 97.2 cm³/mol. The molecule has 0 bridgehead atoms. The van der Waals surface area contributed by atoms with Crippen molar-refractivity contribution in [1.82, 2.24) is 19.7 Å². The Bertz CT molecular complexity index is 784. The summed E-state index contributed by atoms with van der Waals surface area (Å²) >= 11 is 5.11. The predicted octanol–water partition coefficient (Wildman–Crippen LogP) is 4.58. The second-order valence-corrected chi connectivity index (χ2v) is 6.69. The molecule has 6 heteroatoms. The van der Waals surface area contributed by atoms with Gasteiger partial charge in [-0.05, 0) is 29.8 Å². The van der Waals surface area contributed by atoms with E-state index in [9.17, 15) is 0 Å². The van der Waals surface area contributed by atoms with Crippen molar-refractivity contribution in [2.75, 3.05) is 0 Å². The Hall–Kier alpha value is -1.92. The molecule has 0 radical (unpaired) electrons. The molecular formula is C17H15BrN4S. The Morgan fingerprint density at radius 3 is 2.65 bits per heavy atom. The molecule has 4 nitrogen and oxygen atoms in total. The number of hydrogen-bond donors (Lipinski definition) is 0. The van der Waals surface area contributed by atoms with Crippen molar-refractivity contribution in [3.05, 3.63) is 71.4 Å². The number of rotatable bonds is 6. The molecule has 0 aliphatic carbocycles. The maximum absolute atomic E-state index is 4.36. The summed E-state index contributed by atoms with van der Waals surface area (Å²) < 4.78 is 3.12. The monoisotopic (exact) mass is 386 g/mol. The molecule has 0 N–H and O–H groups in total. The molecule has 0 unspecified atom stereocenters. The highest BCUT2D eigenvalue weighted by Gasteiger charge is 2.14. The zero-order chi connectivity index (χ0) is 16.1. The fourth-order valence-electron chi connectivity index (χ4n) is 2.10. The van der Waals surface area contributed by atoms with E-state index in [-0.39, 0.29) is 0 Å². The Labute approximate surface area is 147 Å². The smallest absolute Gasteiger partial charge is 0.192 e. The molecule has 0 fully saturated rings. The first-order valence-electron chi connectivity index (χ1n) is 7.10. The Morgan fingerprint density at radius 1 is 1.13 bits per heavy atom. The summed E-state index contributed by atoms with van der Waals surface area (Å²) in [5.41, 5.74) is 2.06. The lowest BCUT2D eigenvalue weighted by atomic mass is 10.2. The zero-order valence-corrected chi connectivity index (χ0v) is 14.8. The van der Waals surface area contributed by atoms with Crippen LogP contribution in [0, 0.1) is 0 Å². The number of nitrogens with zero attached hydrogens (tertiary/aromatic N) is 4. The molecule has 2 aromatic heterocycles. The van der Waals surface area contributed by atoms with E-state index in [2.05, 4.69) is 49.8 Å². The van der Waals surface area contributed by atoms with Gasteiger partial charge in [0.25, 0.3) is 0 Å². The number of pyridine rings is 1. The molecule has 3 aromatic rings. The van der Waals surface area contributed by atoms with Crippen molar-refractivity contribution in [1.29, 1.82) is 0 Å². The van der Waals surface area contributed by atoms with E-state index in [0.29, 0.717) is 6.54 Å². The van der Waals surface area contributed by atoms with E-state index in [1.807, 2.05) is 41.0 Å². The molecule has 3 rings (SSSR count). The van der Waals surface area contributed by atoms with Crippen molar-refractivity contribution in [2.24, 2.45) is 0 Å². The molecule has 2 heterocycles. The third kappa shape index (κ3) is 3.89. The van der Waals surface area contributed by atoms with Gasteiger partial charge < -0.3 is 0 Å². The van der Waals surface area contributed by atoms with Crippen LogP contribution in [0.25, 0.3) is 11.5 Å². The molecule has 23 heavy (non-hydrogen) atoms. The number of benzene rings is 1. The minimum Gasteiger partial charge on any atom is -0.297 e. The van der Waals surface area contributed by atoms with Gasteiger partial charge in [0.05, 0.1) is 0 Å². The number of hydrogen-bond acceptors (Lipinski definition) is 4. The van der Waals surface area contributed by atoms with Crippen LogP contribution in [0.5, 0.6) is 0 Å². The van der Waals surface area contributed by atoms with Gasteiger partial charge in [-0.1, -0.05) is 52.0 Å². The van der Waals surface area contributed by atoms with Gasteiger partial charge in [-0.15, -0.1) is 16.8 Å². The quantitative estimate of drug-likeness (QED) is 0.459. The van der Waals surface area contributed by atoms with Crippen molar-refractivity contribution in [3.8, 4) is 11.5 Å². The minimum atomic E-state index is 0.654. The van der Waals surface area contributed by atoms with Gasteiger partial charge in [0, 0.05) is 23.0 Å². The maximum atomic E-state index is 4.36. The molecule has 0 aliphatic heterocycles. The minimum absolute atomic E-state index is 0.654. The zero-order valence-electron chi connectivity index (χ0n) is 12.4. The molecule has 116 valence electrons. The fraction of sp³-hybridized carbons (Fsp3) is 0.118. The summed E-state index contributed by atoms with van der Waals surface area (Å²) in [6, 6.07) is 14.1. The number of aromatic nitrogens is 4. The summed E-state index contributed by atoms with van der Waals surface area (Å²) in [6.45, 7) is 4.48. The van der Waals surface area contributed by atoms with Crippen LogP contribution < -0.4 is 0 Å². The molecular weight excluding hydrogens is 372 g/mol. The van der Waals surface area contributed by atoms with Gasteiger partial charge >= 0.3 is 0 Å². The summed E-state index contributed by atoms with van der Waals surface area (Å²) in [6.07, 6.45) is 3.61. The van der Waals surface area contributed by atoms with Crippen molar-refractivity contribution in [3.63, 3.8) is 0 Å². The highest BCUT2D eigenvalue weighted by Crippen LogP contribution is 2.26. The number of halogens is 1. The second-order valence-electron chi connectivity index (χ2n) is 4.84. The summed E-state index contributed by atoms with van der Waals surface area (Å²) in [5.74, 6) is 1.61. The van der Waals surface area contributed by atoms with Gasteiger partial charge in [0.2, 0.25) is 0 Å². The molecule has 0 saturated carbocycles. The standard InChI is InChI=1S/C17H15BrN4S/c1-2-11-22-16(15-5-3-4-10-19-15)20-21-17(22)23-12-13-6-8-14(18)9-7-13/h2-10H,1,11-12H2. The first-order valence-corrected chi connectivity index (χ1v) is 8.88. The SMILES string of the molecule is C=CCn1c(SCc2ccc(Br)cc2)nnc1-c1ccccn1. The Kier molecular flexibility index (Phi) is 5.25. The van der Waals surface area contributed by atoms with E-state index in [1.54, 1.807) is 18.0 Å². The maximum Gasteiger partial charge on any atom is 0.192 e. The Balaban J connectivity index is 1.83. The van der Waals surface area contributed by atoms with E-state index < -0.39 is 0 Å². The lowest BCUT2D eigenvalue weighted by molar-refractivity contribution is 0.729. The van der Waals surface area contributed by atoms with Crippen molar-refractivity contribution >= 4 is 27.7 Å². The molecule has 0 aliphatic rings. The Morgan fingerprint density at radius 2 is 1.96 bits per heavy atom. The normalized spacial score (nSPS) is 10.7. The van der Waals surface area contributed by atoms with Crippen LogP contribution >= 0.6 is 27.7 Å². The number of allylic oxidation sites excluding steroid dienone is 1. The van der Waals surface area contributed by atoms with Gasteiger partial charge in [0.1, 0.15) is 5.69 Å².